The number of likely N-dealkylation sites (tertiary alicyclic amines) is 1. The van der Waals surface area contributed by atoms with Gasteiger partial charge in [0.05, 0.1) is 24.1 Å². The number of nitrogens with zero attached hydrogens (tertiary/aromatic N) is 4. The number of hydrogen-bond donors (Lipinski definition) is 3. The molecule has 1 atom stereocenters. The van der Waals surface area contributed by atoms with Gasteiger partial charge < -0.3 is 30.4 Å². The third-order valence-corrected chi connectivity index (χ3v) is 7.41. The first kappa shape index (κ1) is 27.1. The summed E-state index contributed by atoms with van der Waals surface area (Å²) in [6, 6.07) is 11.5. The first-order chi connectivity index (χ1) is 19.3. The van der Waals surface area contributed by atoms with Crippen molar-refractivity contribution in [2.24, 2.45) is 0 Å². The standard InChI is InChI=1S/C29H31FN6O4/c1-17-25(19-7-5-18(6-8-19)13-32-29(39)22-12-20(30)9-10-23(22)40-2)26-27(31)33-16-34-28(26)36(17)21-4-3-11-35(14-21)24(38)15-37/h5-10,12,16,21,37H,3-4,11,13-15H2,1-2H3,(H,32,39)(H2,31,33,34). The Morgan fingerprint density at radius 3 is 2.70 bits per heavy atom. The van der Waals surface area contributed by atoms with E-state index in [1.807, 2.05) is 31.2 Å². The van der Waals surface area contributed by atoms with Gasteiger partial charge in [-0.25, -0.2) is 14.4 Å². The van der Waals surface area contributed by atoms with Crippen LogP contribution in [0.2, 0.25) is 0 Å². The van der Waals surface area contributed by atoms with Gasteiger partial charge >= 0.3 is 0 Å². The summed E-state index contributed by atoms with van der Waals surface area (Å²) in [6.07, 6.45) is 3.11. The molecule has 4 aromatic rings. The number of fused-ring (bicyclic) bond motifs is 1. The second-order valence-corrected chi connectivity index (χ2v) is 9.81. The van der Waals surface area contributed by atoms with Crippen LogP contribution in [0.5, 0.6) is 5.75 Å². The maximum atomic E-state index is 13.7. The summed E-state index contributed by atoms with van der Waals surface area (Å²) in [5.74, 6) is -0.588. The lowest BCUT2D eigenvalue weighted by Gasteiger charge is -2.34. The number of halogens is 1. The Morgan fingerprint density at radius 1 is 1.20 bits per heavy atom. The Balaban J connectivity index is 1.42. The molecule has 1 saturated heterocycles. The molecular weight excluding hydrogens is 515 g/mol. The number of hydrogen-bond acceptors (Lipinski definition) is 7. The monoisotopic (exact) mass is 546 g/mol. The van der Waals surface area contributed by atoms with E-state index in [9.17, 15) is 19.1 Å². The van der Waals surface area contributed by atoms with Gasteiger partial charge in [0.1, 0.15) is 36.0 Å². The van der Waals surface area contributed by atoms with Crippen LogP contribution in [0.1, 0.15) is 40.5 Å². The first-order valence-electron chi connectivity index (χ1n) is 13.0. The van der Waals surface area contributed by atoms with Crippen molar-refractivity contribution in [1.82, 2.24) is 24.8 Å². The highest BCUT2D eigenvalue weighted by Gasteiger charge is 2.29. The minimum absolute atomic E-state index is 0.0240. The van der Waals surface area contributed by atoms with E-state index in [0.717, 1.165) is 46.7 Å². The fourth-order valence-corrected chi connectivity index (χ4v) is 5.49. The number of rotatable bonds is 7. The van der Waals surface area contributed by atoms with Crippen molar-refractivity contribution in [3.05, 3.63) is 71.4 Å². The van der Waals surface area contributed by atoms with E-state index in [0.29, 0.717) is 30.3 Å². The smallest absolute Gasteiger partial charge is 0.255 e. The second-order valence-electron chi connectivity index (χ2n) is 9.81. The van der Waals surface area contributed by atoms with Gasteiger partial charge in [-0.3, -0.25) is 9.59 Å². The quantitative estimate of drug-likeness (QED) is 0.324. The third-order valence-electron chi connectivity index (χ3n) is 7.41. The molecule has 2 aromatic heterocycles. The third kappa shape index (κ3) is 5.07. The number of nitrogens with one attached hydrogen (secondary N) is 1. The van der Waals surface area contributed by atoms with E-state index < -0.39 is 18.3 Å². The molecule has 1 aliphatic heterocycles. The molecule has 10 nitrogen and oxygen atoms in total. The SMILES string of the molecule is COc1ccc(F)cc1C(=O)NCc1ccc(-c2c(C)n(C3CCCN(C(=O)CO)C3)c3ncnc(N)c23)cc1. The van der Waals surface area contributed by atoms with Crippen LogP contribution in [0.15, 0.2) is 48.8 Å². The Morgan fingerprint density at radius 2 is 1.98 bits per heavy atom. The molecule has 3 heterocycles. The van der Waals surface area contributed by atoms with Gasteiger partial charge in [0, 0.05) is 30.9 Å². The molecule has 1 unspecified atom stereocenters. The molecule has 0 bridgehead atoms. The predicted molar refractivity (Wildman–Crippen MR) is 148 cm³/mol. The van der Waals surface area contributed by atoms with Crippen LogP contribution in [0, 0.1) is 12.7 Å². The van der Waals surface area contributed by atoms with Crippen molar-refractivity contribution in [3.63, 3.8) is 0 Å². The number of benzene rings is 2. The number of nitrogens with two attached hydrogens (primary N) is 1. The van der Waals surface area contributed by atoms with Crippen molar-refractivity contribution < 1.29 is 23.8 Å². The van der Waals surface area contributed by atoms with Crippen LogP contribution < -0.4 is 15.8 Å². The van der Waals surface area contributed by atoms with Crippen molar-refractivity contribution in [3.8, 4) is 16.9 Å². The van der Waals surface area contributed by atoms with Gasteiger partial charge in [-0.1, -0.05) is 24.3 Å². The Bertz CT molecular complexity index is 1570. The van der Waals surface area contributed by atoms with Crippen LogP contribution in [0.4, 0.5) is 10.2 Å². The molecule has 0 radical (unpaired) electrons. The van der Waals surface area contributed by atoms with E-state index >= 15 is 0 Å². The van der Waals surface area contributed by atoms with Crippen molar-refractivity contribution >= 4 is 28.7 Å². The molecule has 0 aliphatic carbocycles. The summed E-state index contributed by atoms with van der Waals surface area (Å²) in [5, 5.41) is 12.9. The maximum absolute atomic E-state index is 13.7. The number of carbonyl (C=O) groups excluding carboxylic acids is 2. The normalized spacial score (nSPS) is 15.3. The first-order valence-corrected chi connectivity index (χ1v) is 13.0. The van der Waals surface area contributed by atoms with Gasteiger partial charge in [0.2, 0.25) is 5.91 Å². The van der Waals surface area contributed by atoms with Gasteiger partial charge in [-0.05, 0) is 49.1 Å². The molecule has 0 spiro atoms. The van der Waals surface area contributed by atoms with E-state index in [1.165, 1.54) is 25.6 Å². The molecule has 1 aliphatic rings. The molecule has 0 saturated carbocycles. The van der Waals surface area contributed by atoms with Gasteiger partial charge in [0.15, 0.2) is 0 Å². The lowest BCUT2D eigenvalue weighted by Crippen LogP contribution is -2.42. The number of methoxy groups -OCH3 is 1. The number of aliphatic hydroxyl groups excluding tert-OH is 1. The lowest BCUT2D eigenvalue weighted by atomic mass is 10.0. The summed E-state index contributed by atoms with van der Waals surface area (Å²) in [6.45, 7) is 2.82. The number of piperidine rings is 1. The number of aliphatic hydroxyl groups is 1. The van der Waals surface area contributed by atoms with Crippen LogP contribution in [0.3, 0.4) is 0 Å². The molecule has 208 valence electrons. The average Bonchev–Trinajstić information content (AvgIpc) is 3.28. The maximum Gasteiger partial charge on any atom is 0.255 e. The van der Waals surface area contributed by atoms with Crippen molar-refractivity contribution in [2.75, 3.05) is 32.5 Å². The number of aromatic nitrogens is 3. The fraction of sp³-hybridized carbons (Fsp3) is 0.310. The molecule has 11 heteroatoms. The molecule has 2 aromatic carbocycles. The summed E-state index contributed by atoms with van der Waals surface area (Å²) in [4.78, 5) is 35.4. The molecular formula is C29H31FN6O4. The van der Waals surface area contributed by atoms with Gasteiger partial charge in [0.25, 0.3) is 5.91 Å². The topological polar surface area (TPSA) is 136 Å². The molecule has 40 heavy (non-hydrogen) atoms. The summed E-state index contributed by atoms with van der Waals surface area (Å²) < 4.78 is 21.0. The summed E-state index contributed by atoms with van der Waals surface area (Å²) in [7, 11) is 1.43. The zero-order chi connectivity index (χ0) is 28.4. The second kappa shape index (κ2) is 11.3. The summed E-state index contributed by atoms with van der Waals surface area (Å²) >= 11 is 0. The van der Waals surface area contributed by atoms with Crippen LogP contribution in [-0.2, 0) is 11.3 Å². The fourth-order valence-electron chi connectivity index (χ4n) is 5.49. The van der Waals surface area contributed by atoms with E-state index in [1.54, 1.807) is 4.90 Å². The largest absolute Gasteiger partial charge is 0.496 e. The zero-order valence-corrected chi connectivity index (χ0v) is 22.4. The highest BCUT2D eigenvalue weighted by atomic mass is 19.1. The van der Waals surface area contributed by atoms with Crippen LogP contribution in [-0.4, -0.2) is 63.2 Å². The van der Waals surface area contributed by atoms with Crippen molar-refractivity contribution in [2.45, 2.75) is 32.4 Å². The number of anilines is 1. The number of ether oxygens (including phenoxy) is 1. The van der Waals surface area contributed by atoms with Gasteiger partial charge in [-0.15, -0.1) is 0 Å². The lowest BCUT2D eigenvalue weighted by molar-refractivity contribution is -0.135. The highest BCUT2D eigenvalue weighted by Crippen LogP contribution is 2.39. The van der Waals surface area contributed by atoms with Crippen LogP contribution in [0.25, 0.3) is 22.2 Å². The number of amides is 2. The minimum Gasteiger partial charge on any atom is -0.496 e. The highest BCUT2D eigenvalue weighted by molar-refractivity contribution is 6.02. The van der Waals surface area contributed by atoms with Gasteiger partial charge in [-0.2, -0.15) is 0 Å². The van der Waals surface area contributed by atoms with Crippen molar-refractivity contribution in [1.29, 1.82) is 0 Å². The molecule has 4 N–H and O–H groups in total. The zero-order valence-electron chi connectivity index (χ0n) is 22.4. The average molecular weight is 547 g/mol. The number of nitrogen functional groups attached to an aromatic ring is 1. The van der Waals surface area contributed by atoms with Crippen LogP contribution >= 0.6 is 0 Å². The minimum atomic E-state index is -0.519. The van der Waals surface area contributed by atoms with E-state index in [-0.39, 0.29) is 24.1 Å². The summed E-state index contributed by atoms with van der Waals surface area (Å²) in [5.41, 5.74) is 10.8. The predicted octanol–water partition coefficient (Wildman–Crippen LogP) is 3.22. The van der Waals surface area contributed by atoms with E-state index in [4.69, 9.17) is 10.5 Å². The molecule has 2 amide bonds. The Kier molecular flexibility index (Phi) is 7.65. The number of carbonyl (C=O) groups is 2. The molecule has 1 fully saturated rings. The molecule has 5 rings (SSSR count). The Hall–Kier alpha value is -4.51. The van der Waals surface area contributed by atoms with E-state index in [2.05, 4.69) is 19.9 Å². The Labute approximate surface area is 230 Å².